The highest BCUT2D eigenvalue weighted by atomic mass is 16.5. The molecule has 0 bridgehead atoms. The van der Waals surface area contributed by atoms with Crippen LogP contribution >= 0.6 is 0 Å². The molecule has 0 aromatic rings. The summed E-state index contributed by atoms with van der Waals surface area (Å²) >= 11 is 0. The number of ether oxygens (including phenoxy) is 1. The molecule has 3 rings (SSSR count). The van der Waals surface area contributed by atoms with Crippen molar-refractivity contribution in [2.24, 2.45) is 17.8 Å². The van der Waals surface area contributed by atoms with Gasteiger partial charge in [0.25, 0.3) is 0 Å². The summed E-state index contributed by atoms with van der Waals surface area (Å²) in [6.07, 6.45) is 3.52. The number of carbonyl (C=O) groups is 1. The number of Topliss-reactive ketones (excluding diaryl/α,β-unsaturated/α-hetero) is 1. The van der Waals surface area contributed by atoms with Crippen molar-refractivity contribution in [3.63, 3.8) is 0 Å². The van der Waals surface area contributed by atoms with E-state index in [0.29, 0.717) is 17.8 Å². The van der Waals surface area contributed by atoms with Gasteiger partial charge in [-0.05, 0) is 24.7 Å². The highest BCUT2D eigenvalue weighted by molar-refractivity contribution is 5.85. The third-order valence-corrected chi connectivity index (χ3v) is 3.64. The highest BCUT2D eigenvalue weighted by Crippen LogP contribution is 2.54. The van der Waals surface area contributed by atoms with E-state index in [9.17, 15) is 4.79 Å². The van der Waals surface area contributed by atoms with Crippen molar-refractivity contribution in [2.75, 3.05) is 6.61 Å². The first-order valence-electron chi connectivity index (χ1n) is 4.52. The molecule has 0 amide bonds. The summed E-state index contributed by atoms with van der Waals surface area (Å²) in [6.45, 7) is 0.898. The van der Waals surface area contributed by atoms with Crippen LogP contribution < -0.4 is 0 Å². The molecule has 11 heavy (non-hydrogen) atoms. The van der Waals surface area contributed by atoms with Crippen molar-refractivity contribution < 1.29 is 9.53 Å². The number of hydrogen-bond acceptors (Lipinski definition) is 2. The van der Waals surface area contributed by atoms with Gasteiger partial charge in [-0.15, -0.1) is 0 Å². The standard InChI is InChI=1S/C9H12O2/c10-7-2-1-5-6-3-4-11-9(6)8(5)7/h5-6,8-9H,1-4H2. The molecule has 60 valence electrons. The van der Waals surface area contributed by atoms with Crippen LogP contribution in [0.5, 0.6) is 0 Å². The van der Waals surface area contributed by atoms with Crippen LogP contribution in [-0.4, -0.2) is 18.5 Å². The molecule has 4 atom stereocenters. The molecular formula is C9H12O2. The van der Waals surface area contributed by atoms with Crippen LogP contribution in [0.2, 0.25) is 0 Å². The van der Waals surface area contributed by atoms with Crippen LogP contribution in [0.1, 0.15) is 19.3 Å². The van der Waals surface area contributed by atoms with Crippen LogP contribution in [0, 0.1) is 17.8 Å². The quantitative estimate of drug-likeness (QED) is 0.517. The van der Waals surface area contributed by atoms with Gasteiger partial charge in [0.1, 0.15) is 5.78 Å². The fourth-order valence-electron chi connectivity index (χ4n) is 3.11. The minimum Gasteiger partial charge on any atom is -0.377 e. The van der Waals surface area contributed by atoms with Gasteiger partial charge < -0.3 is 4.74 Å². The molecule has 2 nitrogen and oxygen atoms in total. The third-order valence-electron chi connectivity index (χ3n) is 3.64. The Bertz CT molecular complexity index is 206. The van der Waals surface area contributed by atoms with Gasteiger partial charge in [-0.25, -0.2) is 0 Å². The summed E-state index contributed by atoms with van der Waals surface area (Å²) in [6, 6.07) is 0. The molecule has 1 aliphatic heterocycles. The van der Waals surface area contributed by atoms with Crippen LogP contribution in [0.15, 0.2) is 0 Å². The first kappa shape index (κ1) is 6.18. The van der Waals surface area contributed by atoms with Crippen molar-refractivity contribution in [3.8, 4) is 0 Å². The molecule has 3 aliphatic rings. The molecular weight excluding hydrogens is 140 g/mol. The fraction of sp³-hybridized carbons (Fsp3) is 0.889. The van der Waals surface area contributed by atoms with Crippen LogP contribution in [0.25, 0.3) is 0 Å². The lowest BCUT2D eigenvalue weighted by molar-refractivity contribution is -0.135. The van der Waals surface area contributed by atoms with E-state index in [1.807, 2.05) is 0 Å². The average Bonchev–Trinajstić information content (AvgIpc) is 2.43. The van der Waals surface area contributed by atoms with Gasteiger partial charge in [-0.2, -0.15) is 0 Å². The van der Waals surface area contributed by atoms with Crippen molar-refractivity contribution in [3.05, 3.63) is 0 Å². The van der Waals surface area contributed by atoms with Gasteiger partial charge in [0, 0.05) is 18.9 Å². The lowest BCUT2D eigenvalue weighted by Crippen LogP contribution is -2.48. The molecule has 0 aromatic carbocycles. The van der Waals surface area contributed by atoms with Crippen molar-refractivity contribution in [1.82, 2.24) is 0 Å². The van der Waals surface area contributed by atoms with Crippen molar-refractivity contribution in [2.45, 2.75) is 25.4 Å². The predicted octanol–water partition coefficient (Wildman–Crippen LogP) is 1.00. The Morgan fingerprint density at radius 1 is 1.27 bits per heavy atom. The molecule has 1 heterocycles. The Morgan fingerprint density at radius 2 is 2.18 bits per heavy atom. The SMILES string of the molecule is O=C1CCC2C3CCOC3C12. The monoisotopic (exact) mass is 152 g/mol. The van der Waals surface area contributed by atoms with Crippen LogP contribution in [0.3, 0.4) is 0 Å². The predicted molar refractivity (Wildman–Crippen MR) is 39.1 cm³/mol. The second-order valence-corrected chi connectivity index (χ2v) is 3.98. The van der Waals surface area contributed by atoms with Crippen LogP contribution in [0.4, 0.5) is 0 Å². The van der Waals surface area contributed by atoms with E-state index in [-0.39, 0.29) is 0 Å². The topological polar surface area (TPSA) is 26.3 Å². The first-order chi connectivity index (χ1) is 5.38. The molecule has 0 N–H and O–H groups in total. The van der Waals surface area contributed by atoms with E-state index in [4.69, 9.17) is 4.74 Å². The minimum absolute atomic E-state index is 0.322. The first-order valence-corrected chi connectivity index (χ1v) is 4.52. The van der Waals surface area contributed by atoms with E-state index in [2.05, 4.69) is 0 Å². The van der Waals surface area contributed by atoms with Crippen molar-refractivity contribution in [1.29, 1.82) is 0 Å². The number of fused-ring (bicyclic) bond motifs is 4. The molecule has 3 fully saturated rings. The fourth-order valence-corrected chi connectivity index (χ4v) is 3.11. The molecule has 0 radical (unpaired) electrons. The zero-order valence-corrected chi connectivity index (χ0v) is 6.45. The summed E-state index contributed by atoms with van der Waals surface area (Å²) in [5.74, 6) is 2.27. The Kier molecular flexibility index (Phi) is 1.05. The zero-order chi connectivity index (χ0) is 7.42. The number of rotatable bonds is 0. The summed E-state index contributed by atoms with van der Waals surface area (Å²) in [5, 5.41) is 0. The molecule has 1 saturated heterocycles. The Morgan fingerprint density at radius 3 is 3.09 bits per heavy atom. The Hall–Kier alpha value is -0.370. The van der Waals surface area contributed by atoms with Gasteiger partial charge in [0.2, 0.25) is 0 Å². The van der Waals surface area contributed by atoms with E-state index < -0.39 is 0 Å². The molecule has 0 spiro atoms. The van der Waals surface area contributed by atoms with Crippen LogP contribution in [-0.2, 0) is 9.53 Å². The Balaban J connectivity index is 1.89. The molecule has 0 aromatic heterocycles. The molecule has 2 heteroatoms. The van der Waals surface area contributed by atoms with E-state index in [1.165, 1.54) is 6.42 Å². The second-order valence-electron chi connectivity index (χ2n) is 3.98. The highest BCUT2D eigenvalue weighted by Gasteiger charge is 2.58. The third kappa shape index (κ3) is 0.598. The summed E-state index contributed by atoms with van der Waals surface area (Å²) in [7, 11) is 0. The molecule has 2 saturated carbocycles. The number of hydrogen-bond donors (Lipinski definition) is 0. The van der Waals surface area contributed by atoms with E-state index >= 15 is 0 Å². The van der Waals surface area contributed by atoms with Gasteiger partial charge >= 0.3 is 0 Å². The van der Waals surface area contributed by atoms with Crippen molar-refractivity contribution >= 4 is 5.78 Å². The minimum atomic E-state index is 0.322. The van der Waals surface area contributed by atoms with Gasteiger partial charge in [0.15, 0.2) is 0 Å². The Labute approximate surface area is 65.9 Å². The molecule has 4 unspecified atom stereocenters. The van der Waals surface area contributed by atoms with E-state index in [1.54, 1.807) is 0 Å². The number of ketones is 1. The van der Waals surface area contributed by atoms with Gasteiger partial charge in [-0.3, -0.25) is 4.79 Å². The van der Waals surface area contributed by atoms with Gasteiger partial charge in [-0.1, -0.05) is 0 Å². The summed E-state index contributed by atoms with van der Waals surface area (Å²) in [5.41, 5.74) is 0. The number of carbonyl (C=O) groups excluding carboxylic acids is 1. The summed E-state index contributed by atoms with van der Waals surface area (Å²) < 4.78 is 5.52. The maximum absolute atomic E-state index is 11.3. The lowest BCUT2D eigenvalue weighted by Gasteiger charge is -2.42. The maximum Gasteiger partial charge on any atom is 0.138 e. The second kappa shape index (κ2) is 1.86. The zero-order valence-electron chi connectivity index (χ0n) is 6.45. The maximum atomic E-state index is 11.3. The smallest absolute Gasteiger partial charge is 0.138 e. The van der Waals surface area contributed by atoms with Gasteiger partial charge in [0.05, 0.1) is 6.10 Å². The normalized spacial score (nSPS) is 53.6. The average molecular weight is 152 g/mol. The lowest BCUT2D eigenvalue weighted by atomic mass is 9.64. The summed E-state index contributed by atoms with van der Waals surface area (Å²) in [4.78, 5) is 11.3. The molecule has 2 aliphatic carbocycles. The van der Waals surface area contributed by atoms with E-state index in [0.717, 1.165) is 31.3 Å². The largest absolute Gasteiger partial charge is 0.377 e.